The molecule has 33 heavy (non-hydrogen) atoms. The normalized spacial score (nSPS) is 17.8. The lowest BCUT2D eigenvalue weighted by molar-refractivity contribution is -0.132. The first kappa shape index (κ1) is 21.1. The molecule has 3 aromatic carbocycles. The van der Waals surface area contributed by atoms with Crippen LogP contribution in [0.2, 0.25) is 10.0 Å². The maximum atomic E-state index is 13.3. The Kier molecular flexibility index (Phi) is 5.12. The van der Waals surface area contributed by atoms with Gasteiger partial charge in [0.25, 0.3) is 11.7 Å². The van der Waals surface area contributed by atoms with E-state index >= 15 is 0 Å². The van der Waals surface area contributed by atoms with Crippen molar-refractivity contribution in [1.82, 2.24) is 4.98 Å². The average molecular weight is 479 g/mol. The van der Waals surface area contributed by atoms with Crippen molar-refractivity contribution in [3.63, 3.8) is 0 Å². The van der Waals surface area contributed by atoms with E-state index in [9.17, 15) is 19.8 Å². The highest BCUT2D eigenvalue weighted by Crippen LogP contribution is 2.44. The fourth-order valence-corrected chi connectivity index (χ4v) is 4.71. The van der Waals surface area contributed by atoms with Crippen LogP contribution in [0, 0.1) is 0 Å². The molecule has 1 aliphatic heterocycles. The summed E-state index contributed by atoms with van der Waals surface area (Å²) in [4.78, 5) is 30.8. The molecule has 4 aromatic rings. The van der Waals surface area contributed by atoms with Gasteiger partial charge in [0, 0.05) is 38.4 Å². The van der Waals surface area contributed by atoms with E-state index in [2.05, 4.69) is 4.98 Å². The third kappa shape index (κ3) is 3.53. The molecule has 2 heterocycles. The second-order valence-electron chi connectivity index (χ2n) is 7.64. The SMILES string of the molecule is O=C1C(=O)N(c2cc(Cl)cc(Cl)c2)C(c2cccc(O)c2)/C1=C(/O)c1c[nH]c2ccccc12. The molecule has 3 N–H and O–H groups in total. The minimum atomic E-state index is -1.01. The number of aliphatic hydroxyl groups is 1. The second kappa shape index (κ2) is 7.99. The van der Waals surface area contributed by atoms with E-state index < -0.39 is 17.7 Å². The molecule has 0 saturated carbocycles. The van der Waals surface area contributed by atoms with Crippen LogP contribution in [0.3, 0.4) is 0 Å². The Bertz CT molecular complexity index is 1450. The molecule has 0 spiro atoms. The molecule has 1 fully saturated rings. The van der Waals surface area contributed by atoms with Crippen molar-refractivity contribution in [1.29, 1.82) is 0 Å². The zero-order valence-corrected chi connectivity index (χ0v) is 18.4. The van der Waals surface area contributed by atoms with Gasteiger partial charge in [-0.3, -0.25) is 14.5 Å². The number of halogens is 2. The molecule has 0 aliphatic carbocycles. The number of fused-ring (bicyclic) bond motifs is 1. The van der Waals surface area contributed by atoms with E-state index in [1.54, 1.807) is 24.4 Å². The van der Waals surface area contributed by atoms with Gasteiger partial charge >= 0.3 is 0 Å². The third-order valence-corrected chi connectivity index (χ3v) is 6.04. The molecule has 1 amide bonds. The standard InChI is InChI=1S/C25H16Cl2N2O4/c26-14-9-15(27)11-16(10-14)29-22(13-4-3-5-17(30)8-13)21(24(32)25(29)33)23(31)19-12-28-20-7-2-1-6-18(19)20/h1-12,22,28,30-31H/b23-21-. The van der Waals surface area contributed by atoms with Gasteiger partial charge in [-0.05, 0) is 42.0 Å². The van der Waals surface area contributed by atoms with Crippen LogP contribution in [0.15, 0.2) is 78.5 Å². The molecule has 0 bridgehead atoms. The average Bonchev–Trinajstić information content (AvgIpc) is 3.32. The predicted molar refractivity (Wildman–Crippen MR) is 128 cm³/mol. The minimum Gasteiger partial charge on any atom is -0.508 e. The third-order valence-electron chi connectivity index (χ3n) is 5.60. The molecule has 6 nitrogen and oxygen atoms in total. The van der Waals surface area contributed by atoms with E-state index in [0.717, 1.165) is 5.52 Å². The minimum absolute atomic E-state index is 0.0469. The molecule has 1 unspecified atom stereocenters. The van der Waals surface area contributed by atoms with Crippen LogP contribution in [-0.4, -0.2) is 26.9 Å². The van der Waals surface area contributed by atoms with Crippen LogP contribution in [0.25, 0.3) is 16.7 Å². The Morgan fingerprint density at radius 2 is 1.67 bits per heavy atom. The zero-order chi connectivity index (χ0) is 23.3. The zero-order valence-electron chi connectivity index (χ0n) is 16.9. The number of nitrogens with one attached hydrogen (secondary N) is 1. The van der Waals surface area contributed by atoms with E-state index in [1.165, 1.54) is 35.2 Å². The number of rotatable bonds is 3. The van der Waals surface area contributed by atoms with Crippen molar-refractivity contribution in [3.05, 3.63) is 99.7 Å². The predicted octanol–water partition coefficient (Wildman–Crippen LogP) is 5.81. The van der Waals surface area contributed by atoms with Crippen LogP contribution in [0.4, 0.5) is 5.69 Å². The number of H-pyrrole nitrogens is 1. The van der Waals surface area contributed by atoms with Gasteiger partial charge in [0.05, 0.1) is 11.6 Å². The lowest BCUT2D eigenvalue weighted by Gasteiger charge is -2.25. The number of anilines is 1. The van der Waals surface area contributed by atoms with Crippen molar-refractivity contribution in [2.45, 2.75) is 6.04 Å². The Morgan fingerprint density at radius 1 is 0.939 bits per heavy atom. The Hall–Kier alpha value is -3.74. The number of ketones is 1. The first-order valence-corrected chi connectivity index (χ1v) is 10.7. The number of phenolic OH excluding ortho intramolecular Hbond substituents is 1. The van der Waals surface area contributed by atoms with Crippen molar-refractivity contribution in [3.8, 4) is 5.75 Å². The number of hydrogen-bond acceptors (Lipinski definition) is 4. The van der Waals surface area contributed by atoms with Crippen LogP contribution >= 0.6 is 23.2 Å². The summed E-state index contributed by atoms with van der Waals surface area (Å²) in [6.45, 7) is 0. The number of aromatic amines is 1. The number of aromatic hydroxyl groups is 1. The molecule has 5 rings (SSSR count). The first-order chi connectivity index (χ1) is 15.8. The number of carbonyl (C=O) groups is 2. The van der Waals surface area contributed by atoms with Crippen LogP contribution in [0.1, 0.15) is 17.2 Å². The summed E-state index contributed by atoms with van der Waals surface area (Å²) in [5.41, 5.74) is 1.78. The number of Topliss-reactive ketones (excluding diaryl/α,β-unsaturated/α-hetero) is 1. The summed E-state index contributed by atoms with van der Waals surface area (Å²) < 4.78 is 0. The monoisotopic (exact) mass is 478 g/mol. The summed E-state index contributed by atoms with van der Waals surface area (Å²) in [5, 5.41) is 22.7. The summed E-state index contributed by atoms with van der Waals surface area (Å²) in [6, 6.07) is 17.0. The summed E-state index contributed by atoms with van der Waals surface area (Å²) >= 11 is 12.3. The Morgan fingerprint density at radius 3 is 2.39 bits per heavy atom. The van der Waals surface area contributed by atoms with Gasteiger partial charge in [0.2, 0.25) is 0 Å². The number of amides is 1. The smallest absolute Gasteiger partial charge is 0.300 e. The van der Waals surface area contributed by atoms with Gasteiger partial charge in [-0.25, -0.2) is 0 Å². The van der Waals surface area contributed by atoms with Crippen molar-refractivity contribution in [2.75, 3.05) is 4.90 Å². The maximum Gasteiger partial charge on any atom is 0.300 e. The number of hydrogen-bond donors (Lipinski definition) is 3. The van der Waals surface area contributed by atoms with Gasteiger partial charge in [0.1, 0.15) is 11.5 Å². The molecular formula is C25H16Cl2N2O4. The maximum absolute atomic E-state index is 13.3. The number of aliphatic hydroxyl groups excluding tert-OH is 1. The molecule has 8 heteroatoms. The molecule has 1 aliphatic rings. The van der Waals surface area contributed by atoms with Crippen molar-refractivity contribution < 1.29 is 19.8 Å². The summed E-state index contributed by atoms with van der Waals surface area (Å²) in [5.74, 6) is -2.07. The van der Waals surface area contributed by atoms with Gasteiger partial charge < -0.3 is 15.2 Å². The summed E-state index contributed by atoms with van der Waals surface area (Å²) in [6.07, 6.45) is 1.59. The van der Waals surface area contributed by atoms with Crippen molar-refractivity contribution in [2.24, 2.45) is 0 Å². The molecule has 1 aromatic heterocycles. The number of phenols is 1. The molecule has 1 saturated heterocycles. The number of aromatic nitrogens is 1. The van der Waals surface area contributed by atoms with E-state index in [1.807, 2.05) is 18.2 Å². The highest BCUT2D eigenvalue weighted by molar-refractivity contribution is 6.52. The fraction of sp³-hybridized carbons (Fsp3) is 0.0400. The molecular weight excluding hydrogens is 463 g/mol. The van der Waals surface area contributed by atoms with Gasteiger partial charge in [-0.2, -0.15) is 0 Å². The van der Waals surface area contributed by atoms with Gasteiger partial charge in [-0.1, -0.05) is 53.5 Å². The first-order valence-electron chi connectivity index (χ1n) is 9.97. The van der Waals surface area contributed by atoms with Crippen molar-refractivity contribution >= 4 is 57.2 Å². The quantitative estimate of drug-likeness (QED) is 0.197. The second-order valence-corrected chi connectivity index (χ2v) is 8.51. The largest absolute Gasteiger partial charge is 0.508 e. The summed E-state index contributed by atoms with van der Waals surface area (Å²) in [7, 11) is 0. The van der Waals surface area contributed by atoms with Crippen LogP contribution < -0.4 is 4.90 Å². The van der Waals surface area contributed by atoms with E-state index in [0.29, 0.717) is 22.2 Å². The number of carbonyl (C=O) groups excluding carboxylic acids is 2. The Balaban J connectivity index is 1.78. The van der Waals surface area contributed by atoms with Gasteiger partial charge in [0.15, 0.2) is 0 Å². The molecule has 1 atom stereocenters. The fourth-order valence-electron chi connectivity index (χ4n) is 4.20. The lowest BCUT2D eigenvalue weighted by Crippen LogP contribution is -2.29. The van der Waals surface area contributed by atoms with Crippen LogP contribution in [-0.2, 0) is 9.59 Å². The molecule has 164 valence electrons. The number of para-hydroxylation sites is 1. The highest BCUT2D eigenvalue weighted by atomic mass is 35.5. The molecule has 0 radical (unpaired) electrons. The Labute approximate surface area is 198 Å². The number of nitrogens with zero attached hydrogens (tertiary/aromatic N) is 1. The number of benzene rings is 3. The van der Waals surface area contributed by atoms with Gasteiger partial charge in [-0.15, -0.1) is 0 Å². The van der Waals surface area contributed by atoms with E-state index in [-0.39, 0.29) is 27.1 Å². The van der Waals surface area contributed by atoms with E-state index in [4.69, 9.17) is 23.2 Å². The van der Waals surface area contributed by atoms with Crippen LogP contribution in [0.5, 0.6) is 5.75 Å². The highest BCUT2D eigenvalue weighted by Gasteiger charge is 2.47. The lowest BCUT2D eigenvalue weighted by atomic mass is 9.95. The topological polar surface area (TPSA) is 93.6 Å².